The number of carbonyl (C=O) groups excluding carboxylic acids is 2. The number of benzene rings is 5. The smallest absolute Gasteiger partial charge is 0.333 e. The molecule has 5 aromatic carbocycles. The zero-order valence-corrected chi connectivity index (χ0v) is 25.7. The second-order valence-corrected chi connectivity index (χ2v) is 11.1. The van der Waals surface area contributed by atoms with Crippen LogP contribution in [0, 0.1) is 0 Å². The molecular weight excluding hydrogens is 576 g/mol. The molecule has 46 heavy (non-hydrogen) atoms. The van der Waals surface area contributed by atoms with E-state index in [1.165, 1.54) is 27.6 Å². The molecule has 0 aromatic heterocycles. The Balaban J connectivity index is 1.39. The van der Waals surface area contributed by atoms with Gasteiger partial charge in [0, 0.05) is 11.6 Å². The van der Waals surface area contributed by atoms with Crippen molar-refractivity contribution in [2.24, 2.45) is 0 Å². The minimum atomic E-state index is -0.622. The Bertz CT molecular complexity index is 1920. The zero-order chi connectivity index (χ0) is 32.1. The molecule has 5 aromatic rings. The lowest BCUT2D eigenvalue weighted by Gasteiger charge is -2.34. The fourth-order valence-corrected chi connectivity index (χ4v) is 6.13. The van der Waals surface area contributed by atoms with Gasteiger partial charge in [-0.2, -0.15) is 0 Å². The van der Waals surface area contributed by atoms with Crippen molar-refractivity contribution in [3.63, 3.8) is 0 Å². The van der Waals surface area contributed by atoms with Crippen LogP contribution in [0.25, 0.3) is 21.9 Å². The summed E-state index contributed by atoms with van der Waals surface area (Å²) in [4.78, 5) is 23.1. The van der Waals surface area contributed by atoms with Crippen LogP contribution in [-0.4, -0.2) is 38.4 Å². The highest BCUT2D eigenvalue weighted by Crippen LogP contribution is 2.57. The molecule has 0 amide bonds. The Kier molecular flexibility index (Phi) is 8.70. The van der Waals surface area contributed by atoms with Gasteiger partial charge >= 0.3 is 11.9 Å². The molecule has 6 nitrogen and oxygen atoms in total. The molecule has 1 aliphatic rings. The van der Waals surface area contributed by atoms with E-state index in [2.05, 4.69) is 98.1 Å². The molecule has 6 heteroatoms. The second kappa shape index (κ2) is 13.2. The van der Waals surface area contributed by atoms with Crippen molar-refractivity contribution in [2.75, 3.05) is 26.4 Å². The van der Waals surface area contributed by atoms with Gasteiger partial charge in [0.25, 0.3) is 0 Å². The third kappa shape index (κ3) is 5.77. The van der Waals surface area contributed by atoms with Crippen LogP contribution in [-0.2, 0) is 24.5 Å². The Morgan fingerprint density at radius 1 is 0.652 bits per heavy atom. The Morgan fingerprint density at radius 3 is 1.78 bits per heavy atom. The van der Waals surface area contributed by atoms with E-state index in [1.807, 2.05) is 24.3 Å². The van der Waals surface area contributed by atoms with Gasteiger partial charge in [0.2, 0.25) is 0 Å². The average molecular weight is 611 g/mol. The Hall–Kier alpha value is -5.62. The van der Waals surface area contributed by atoms with Crippen LogP contribution in [0.3, 0.4) is 0 Å². The summed E-state index contributed by atoms with van der Waals surface area (Å²) in [5, 5.41) is 2.35. The number of hydrogen-bond acceptors (Lipinski definition) is 6. The summed E-state index contributed by atoms with van der Waals surface area (Å²) in [5.74, 6) is 0.444. The molecule has 6 rings (SSSR count). The van der Waals surface area contributed by atoms with Crippen molar-refractivity contribution in [3.05, 3.63) is 156 Å². The molecule has 0 radical (unpaired) electrons. The van der Waals surface area contributed by atoms with Gasteiger partial charge in [-0.1, -0.05) is 86.0 Å². The molecule has 0 saturated carbocycles. The summed E-state index contributed by atoms with van der Waals surface area (Å²) < 4.78 is 22.0. The monoisotopic (exact) mass is 610 g/mol. The van der Waals surface area contributed by atoms with Crippen molar-refractivity contribution >= 4 is 22.7 Å². The summed E-state index contributed by atoms with van der Waals surface area (Å²) in [5.41, 5.74) is 6.66. The van der Waals surface area contributed by atoms with E-state index in [9.17, 15) is 9.59 Å². The first-order valence-electron chi connectivity index (χ1n) is 15.1. The quantitative estimate of drug-likeness (QED) is 0.0800. The molecule has 230 valence electrons. The standard InChI is InChI=1S/C40H34O6/c1-4-38(41)45-23-21-43-32-17-13-30(14-18-32)40(31-15-19-33(20-16-31)44-22-24-46-39(42)27(2)3)36-12-8-7-11-34(36)35-25-28-9-5-6-10-29(28)26-37(35)40/h4-20,25-26H,1-2,21-24H2,3H3. The van der Waals surface area contributed by atoms with Crippen LogP contribution in [0.2, 0.25) is 0 Å². The van der Waals surface area contributed by atoms with Crippen LogP contribution >= 0.6 is 0 Å². The van der Waals surface area contributed by atoms with Gasteiger partial charge < -0.3 is 18.9 Å². The Labute approximate surface area is 268 Å². The van der Waals surface area contributed by atoms with E-state index in [4.69, 9.17) is 18.9 Å². The van der Waals surface area contributed by atoms with Gasteiger partial charge in [0.1, 0.15) is 37.9 Å². The molecule has 1 aliphatic carbocycles. The first-order valence-corrected chi connectivity index (χ1v) is 15.1. The number of rotatable bonds is 12. The van der Waals surface area contributed by atoms with Crippen LogP contribution < -0.4 is 9.47 Å². The molecular formula is C40H34O6. The van der Waals surface area contributed by atoms with Gasteiger partial charge in [0.05, 0.1) is 5.41 Å². The number of carbonyl (C=O) groups is 2. The largest absolute Gasteiger partial charge is 0.490 e. The minimum absolute atomic E-state index is 0.134. The lowest BCUT2D eigenvalue weighted by Crippen LogP contribution is -2.28. The van der Waals surface area contributed by atoms with Gasteiger partial charge in [-0.3, -0.25) is 0 Å². The number of esters is 2. The fraction of sp³-hybridized carbons (Fsp3) is 0.150. The minimum Gasteiger partial charge on any atom is -0.490 e. The number of fused-ring (bicyclic) bond motifs is 4. The Morgan fingerprint density at radius 2 is 1.20 bits per heavy atom. The van der Waals surface area contributed by atoms with E-state index in [0.717, 1.165) is 22.6 Å². The van der Waals surface area contributed by atoms with Crippen LogP contribution in [0.1, 0.15) is 29.2 Å². The molecule has 0 fully saturated rings. The lowest BCUT2D eigenvalue weighted by molar-refractivity contribution is -0.140. The van der Waals surface area contributed by atoms with Crippen molar-refractivity contribution < 1.29 is 28.5 Å². The van der Waals surface area contributed by atoms with Crippen molar-refractivity contribution in [2.45, 2.75) is 12.3 Å². The van der Waals surface area contributed by atoms with E-state index in [1.54, 1.807) is 6.92 Å². The average Bonchev–Trinajstić information content (AvgIpc) is 3.37. The molecule has 1 unspecified atom stereocenters. The van der Waals surface area contributed by atoms with Crippen molar-refractivity contribution in [1.29, 1.82) is 0 Å². The predicted molar refractivity (Wildman–Crippen MR) is 179 cm³/mol. The highest BCUT2D eigenvalue weighted by atomic mass is 16.6. The highest BCUT2D eigenvalue weighted by Gasteiger charge is 2.46. The molecule has 0 heterocycles. The summed E-state index contributed by atoms with van der Waals surface area (Å²) in [6, 6.07) is 37.9. The van der Waals surface area contributed by atoms with Crippen molar-refractivity contribution in [1.82, 2.24) is 0 Å². The topological polar surface area (TPSA) is 71.1 Å². The maximum absolute atomic E-state index is 11.7. The first-order chi connectivity index (χ1) is 22.4. The van der Waals surface area contributed by atoms with Gasteiger partial charge in [-0.05, 0) is 87.5 Å². The van der Waals surface area contributed by atoms with E-state index in [-0.39, 0.29) is 26.4 Å². The molecule has 0 saturated heterocycles. The predicted octanol–water partition coefficient (Wildman–Crippen LogP) is 7.81. The summed E-state index contributed by atoms with van der Waals surface area (Å²) in [6.07, 6.45) is 1.13. The summed E-state index contributed by atoms with van der Waals surface area (Å²) >= 11 is 0. The first kappa shape index (κ1) is 30.4. The maximum Gasteiger partial charge on any atom is 0.333 e. The molecule has 0 N–H and O–H groups in total. The van der Waals surface area contributed by atoms with Crippen LogP contribution in [0.15, 0.2) is 134 Å². The van der Waals surface area contributed by atoms with E-state index < -0.39 is 17.4 Å². The van der Waals surface area contributed by atoms with E-state index in [0.29, 0.717) is 17.1 Å². The van der Waals surface area contributed by atoms with Crippen LogP contribution in [0.4, 0.5) is 0 Å². The van der Waals surface area contributed by atoms with E-state index >= 15 is 0 Å². The number of ether oxygens (including phenoxy) is 4. The molecule has 0 aliphatic heterocycles. The van der Waals surface area contributed by atoms with Gasteiger partial charge in [-0.25, -0.2) is 9.59 Å². The third-order valence-corrected chi connectivity index (χ3v) is 8.18. The highest BCUT2D eigenvalue weighted by molar-refractivity contribution is 5.95. The zero-order valence-electron chi connectivity index (χ0n) is 25.7. The maximum atomic E-state index is 11.7. The lowest BCUT2D eigenvalue weighted by atomic mass is 9.67. The normalized spacial score (nSPS) is 14.5. The summed E-state index contributed by atoms with van der Waals surface area (Å²) in [6.45, 7) is 9.37. The summed E-state index contributed by atoms with van der Waals surface area (Å²) in [7, 11) is 0. The second-order valence-electron chi connectivity index (χ2n) is 11.1. The fourth-order valence-electron chi connectivity index (χ4n) is 6.13. The molecule has 0 bridgehead atoms. The molecule has 0 spiro atoms. The van der Waals surface area contributed by atoms with Gasteiger partial charge in [-0.15, -0.1) is 0 Å². The molecule has 1 atom stereocenters. The van der Waals surface area contributed by atoms with Crippen molar-refractivity contribution in [3.8, 4) is 22.6 Å². The number of hydrogen-bond donors (Lipinski definition) is 0. The third-order valence-electron chi connectivity index (χ3n) is 8.18. The SMILES string of the molecule is C=CC(=O)OCCOc1ccc(C2(c3ccc(OCCOC(=O)C(=C)C)cc3)c3ccccc3-c3cc4ccccc4cc32)cc1. The van der Waals surface area contributed by atoms with Gasteiger partial charge in [0.15, 0.2) is 0 Å². The van der Waals surface area contributed by atoms with Crippen LogP contribution in [0.5, 0.6) is 11.5 Å².